The Bertz CT molecular complexity index is 791. The van der Waals surface area contributed by atoms with Gasteiger partial charge in [0.2, 0.25) is 5.91 Å². The molecule has 3 amide bonds. The van der Waals surface area contributed by atoms with Crippen molar-refractivity contribution in [3.63, 3.8) is 0 Å². The summed E-state index contributed by atoms with van der Waals surface area (Å²) in [6.45, 7) is 3.78. The minimum absolute atomic E-state index is 0.0750. The predicted molar refractivity (Wildman–Crippen MR) is 105 cm³/mol. The molecule has 4 bridgehead atoms. The van der Waals surface area contributed by atoms with Crippen molar-refractivity contribution in [1.29, 1.82) is 0 Å². The van der Waals surface area contributed by atoms with Gasteiger partial charge in [0.05, 0.1) is 11.1 Å². The van der Waals surface area contributed by atoms with E-state index in [0.717, 1.165) is 22.7 Å². The van der Waals surface area contributed by atoms with Gasteiger partial charge in [0.1, 0.15) is 6.04 Å². The average molecular weight is 380 g/mol. The average Bonchev–Trinajstić information content (AvgIpc) is 2.91. The van der Waals surface area contributed by atoms with Gasteiger partial charge in [-0.3, -0.25) is 19.3 Å². The van der Waals surface area contributed by atoms with Crippen LogP contribution in [0.25, 0.3) is 0 Å². The second kappa shape index (κ2) is 6.16. The minimum Gasteiger partial charge on any atom is -0.351 e. The lowest BCUT2D eigenvalue weighted by molar-refractivity contribution is -0.129. The molecule has 1 heterocycles. The lowest BCUT2D eigenvalue weighted by Gasteiger charge is -2.59. The summed E-state index contributed by atoms with van der Waals surface area (Å²) in [5, 5.41) is 3.20. The van der Waals surface area contributed by atoms with Crippen LogP contribution in [0.15, 0.2) is 24.3 Å². The van der Waals surface area contributed by atoms with Gasteiger partial charge in [-0.2, -0.15) is 0 Å². The number of amides is 3. The van der Waals surface area contributed by atoms with Crippen molar-refractivity contribution in [1.82, 2.24) is 10.2 Å². The minimum atomic E-state index is -0.802. The van der Waals surface area contributed by atoms with E-state index < -0.39 is 6.04 Å². The maximum Gasteiger partial charge on any atom is 0.262 e. The van der Waals surface area contributed by atoms with E-state index in [1.807, 2.05) is 0 Å². The molecule has 4 aliphatic carbocycles. The van der Waals surface area contributed by atoms with Crippen molar-refractivity contribution in [3.8, 4) is 0 Å². The Kier molecular flexibility index (Phi) is 3.94. The van der Waals surface area contributed by atoms with Crippen LogP contribution in [0.1, 0.15) is 73.1 Å². The van der Waals surface area contributed by atoms with E-state index in [1.54, 1.807) is 31.2 Å². The normalized spacial score (nSPS) is 35.1. The first-order valence-corrected chi connectivity index (χ1v) is 10.7. The quantitative estimate of drug-likeness (QED) is 0.814. The molecule has 1 aliphatic heterocycles. The zero-order valence-corrected chi connectivity index (χ0v) is 16.6. The van der Waals surface area contributed by atoms with Gasteiger partial charge in [-0.1, -0.05) is 12.1 Å². The smallest absolute Gasteiger partial charge is 0.262 e. The molecule has 1 N–H and O–H groups in total. The largest absolute Gasteiger partial charge is 0.351 e. The number of nitrogens with zero attached hydrogens (tertiary/aromatic N) is 1. The SMILES string of the molecule is C[C@H](C(=O)N[C@H](C)C12CC3CC(CC(C3)C1)C2)N1C(=O)c2ccccc2C1=O. The molecule has 1 aromatic rings. The molecule has 0 spiro atoms. The third-order valence-corrected chi connectivity index (χ3v) is 7.96. The van der Waals surface area contributed by atoms with Crippen molar-refractivity contribution in [3.05, 3.63) is 35.4 Å². The maximum atomic E-state index is 13.0. The number of carbonyl (C=O) groups excluding carboxylic acids is 3. The molecule has 4 fully saturated rings. The van der Waals surface area contributed by atoms with E-state index in [1.165, 1.54) is 38.5 Å². The summed E-state index contributed by atoms with van der Waals surface area (Å²) in [7, 11) is 0. The van der Waals surface area contributed by atoms with E-state index in [-0.39, 0.29) is 29.2 Å². The lowest BCUT2D eigenvalue weighted by Crippen LogP contribution is -2.58. The Morgan fingerprint density at radius 2 is 1.43 bits per heavy atom. The van der Waals surface area contributed by atoms with E-state index in [4.69, 9.17) is 0 Å². The number of fused-ring (bicyclic) bond motifs is 1. The van der Waals surface area contributed by atoms with Gasteiger partial charge < -0.3 is 5.32 Å². The van der Waals surface area contributed by atoms with Crippen LogP contribution < -0.4 is 5.32 Å². The molecule has 28 heavy (non-hydrogen) atoms. The zero-order chi connectivity index (χ0) is 19.6. The van der Waals surface area contributed by atoms with E-state index in [9.17, 15) is 14.4 Å². The third kappa shape index (κ3) is 2.55. The van der Waals surface area contributed by atoms with Crippen molar-refractivity contribution in [2.24, 2.45) is 23.2 Å². The molecule has 5 nitrogen and oxygen atoms in total. The fourth-order valence-corrected chi connectivity index (χ4v) is 6.87. The molecule has 0 saturated heterocycles. The molecule has 5 aliphatic rings. The molecule has 1 aromatic carbocycles. The Morgan fingerprint density at radius 1 is 0.964 bits per heavy atom. The molecule has 6 rings (SSSR count). The van der Waals surface area contributed by atoms with Crippen LogP contribution in [0, 0.1) is 23.2 Å². The maximum absolute atomic E-state index is 13.0. The summed E-state index contributed by atoms with van der Waals surface area (Å²) in [5.41, 5.74) is 0.981. The van der Waals surface area contributed by atoms with Crippen LogP contribution in [-0.4, -0.2) is 34.7 Å². The number of carbonyl (C=O) groups is 3. The van der Waals surface area contributed by atoms with Gasteiger partial charge in [0.15, 0.2) is 0 Å². The van der Waals surface area contributed by atoms with E-state index >= 15 is 0 Å². The molecular weight excluding hydrogens is 352 g/mol. The molecular formula is C23H28N2O3. The molecule has 0 radical (unpaired) electrons. The molecule has 0 unspecified atom stereocenters. The van der Waals surface area contributed by atoms with Crippen LogP contribution in [0.4, 0.5) is 0 Å². The third-order valence-electron chi connectivity index (χ3n) is 7.96. The standard InChI is InChI=1S/C23H28N2O3/c1-13(25-21(27)18-5-3-4-6-19(18)22(25)28)20(26)24-14(2)23-10-15-7-16(11-23)9-17(8-15)12-23/h3-6,13-17H,7-12H2,1-2H3,(H,24,26)/t13-,14-,15?,16?,17?,23?/m1/s1. The number of nitrogens with one attached hydrogen (secondary N) is 1. The summed E-state index contributed by atoms with van der Waals surface area (Å²) in [4.78, 5) is 39.5. The van der Waals surface area contributed by atoms with E-state index in [2.05, 4.69) is 12.2 Å². The number of imide groups is 1. The first-order valence-electron chi connectivity index (χ1n) is 10.7. The predicted octanol–water partition coefficient (Wildman–Crippen LogP) is 3.39. The highest BCUT2D eigenvalue weighted by atomic mass is 16.2. The van der Waals surface area contributed by atoms with Crippen LogP contribution in [0.2, 0.25) is 0 Å². The van der Waals surface area contributed by atoms with Crippen molar-refractivity contribution in [2.45, 2.75) is 64.5 Å². The first kappa shape index (κ1) is 17.9. The number of rotatable bonds is 4. The second-order valence-corrected chi connectivity index (χ2v) is 9.71. The molecule has 0 aromatic heterocycles. The van der Waals surface area contributed by atoms with Gasteiger partial charge in [0, 0.05) is 6.04 Å². The Hall–Kier alpha value is -2.17. The van der Waals surface area contributed by atoms with Crippen molar-refractivity contribution >= 4 is 17.7 Å². The number of benzene rings is 1. The summed E-state index contributed by atoms with van der Waals surface area (Å²) >= 11 is 0. The van der Waals surface area contributed by atoms with Gasteiger partial charge in [-0.25, -0.2) is 0 Å². The van der Waals surface area contributed by atoms with Crippen LogP contribution >= 0.6 is 0 Å². The fraction of sp³-hybridized carbons (Fsp3) is 0.609. The van der Waals surface area contributed by atoms with Gasteiger partial charge in [0.25, 0.3) is 11.8 Å². The number of hydrogen-bond acceptors (Lipinski definition) is 3. The highest BCUT2D eigenvalue weighted by Crippen LogP contribution is 2.61. The van der Waals surface area contributed by atoms with Gasteiger partial charge >= 0.3 is 0 Å². The Balaban J connectivity index is 1.31. The first-order chi connectivity index (χ1) is 13.4. The zero-order valence-electron chi connectivity index (χ0n) is 16.6. The Morgan fingerprint density at radius 3 is 1.89 bits per heavy atom. The molecule has 5 heteroatoms. The Labute approximate surface area is 165 Å². The van der Waals surface area contributed by atoms with Crippen molar-refractivity contribution < 1.29 is 14.4 Å². The molecule has 2 atom stereocenters. The summed E-state index contributed by atoms with van der Waals surface area (Å²) in [6, 6.07) is 6.06. The van der Waals surface area contributed by atoms with Crippen LogP contribution in [-0.2, 0) is 4.79 Å². The summed E-state index contributed by atoms with van der Waals surface area (Å²) < 4.78 is 0. The molecule has 148 valence electrons. The van der Waals surface area contributed by atoms with Crippen LogP contribution in [0.5, 0.6) is 0 Å². The molecule has 4 saturated carbocycles. The van der Waals surface area contributed by atoms with Crippen molar-refractivity contribution in [2.75, 3.05) is 0 Å². The summed E-state index contributed by atoms with van der Waals surface area (Å²) in [6.07, 6.45) is 7.73. The lowest BCUT2D eigenvalue weighted by atomic mass is 9.48. The topological polar surface area (TPSA) is 66.5 Å². The monoisotopic (exact) mass is 380 g/mol. The van der Waals surface area contributed by atoms with Gasteiger partial charge in [-0.05, 0) is 87.7 Å². The highest BCUT2D eigenvalue weighted by molar-refractivity contribution is 6.22. The highest BCUT2D eigenvalue weighted by Gasteiger charge is 2.53. The second-order valence-electron chi connectivity index (χ2n) is 9.71. The van der Waals surface area contributed by atoms with E-state index in [0.29, 0.717) is 11.1 Å². The fourth-order valence-electron chi connectivity index (χ4n) is 6.87. The summed E-state index contributed by atoms with van der Waals surface area (Å²) in [5.74, 6) is 1.49. The van der Waals surface area contributed by atoms with Crippen LogP contribution in [0.3, 0.4) is 0 Å². The van der Waals surface area contributed by atoms with Gasteiger partial charge in [-0.15, -0.1) is 0 Å². The number of hydrogen-bond donors (Lipinski definition) is 1.